The molecule has 0 saturated heterocycles. The molecule has 0 saturated carbocycles. The Balaban J connectivity index is 2.22. The number of nitrogens with zero attached hydrogens (tertiary/aromatic N) is 3. The van der Waals surface area contributed by atoms with Gasteiger partial charge in [0.1, 0.15) is 0 Å². The molecule has 1 amide bonds. The number of benzene rings is 1. The number of aromatic nitrogens is 2. The van der Waals surface area contributed by atoms with Crippen LogP contribution in [0.5, 0.6) is 0 Å². The van der Waals surface area contributed by atoms with E-state index in [1.54, 1.807) is 36.5 Å². The Morgan fingerprint density at radius 2 is 2.00 bits per heavy atom. The monoisotopic (exact) mass is 244 g/mol. The van der Waals surface area contributed by atoms with E-state index in [1.807, 2.05) is 6.07 Å². The number of hydrogen-bond donors (Lipinski definition) is 1. The zero-order valence-corrected chi connectivity index (χ0v) is 10.3. The van der Waals surface area contributed by atoms with Crippen molar-refractivity contribution in [3.63, 3.8) is 0 Å². The van der Waals surface area contributed by atoms with Gasteiger partial charge in [-0.2, -0.15) is 0 Å². The molecule has 2 aromatic rings. The van der Waals surface area contributed by atoms with Crippen LogP contribution in [-0.2, 0) is 0 Å². The van der Waals surface area contributed by atoms with Crippen molar-refractivity contribution in [2.24, 2.45) is 5.73 Å². The third-order valence-corrected chi connectivity index (χ3v) is 2.76. The zero-order valence-electron chi connectivity index (χ0n) is 10.3. The smallest absolute Gasteiger partial charge is 0.253 e. The minimum absolute atomic E-state index is 0.0176. The molecule has 0 aliphatic carbocycles. The maximum absolute atomic E-state index is 12.1. The van der Waals surface area contributed by atoms with Crippen LogP contribution in [0.2, 0.25) is 0 Å². The third kappa shape index (κ3) is 2.62. The molecule has 0 radical (unpaired) electrons. The fraction of sp³-hybridized carbons (Fsp3) is 0.308. The molecule has 94 valence electrons. The molecule has 0 bridgehead atoms. The van der Waals surface area contributed by atoms with Gasteiger partial charge in [0.05, 0.1) is 11.0 Å². The Labute approximate surface area is 106 Å². The molecule has 0 fully saturated rings. The highest BCUT2D eigenvalue weighted by Crippen LogP contribution is 2.12. The van der Waals surface area contributed by atoms with Crippen LogP contribution in [0.4, 0.5) is 0 Å². The number of carbonyl (C=O) groups excluding carboxylic acids is 1. The summed E-state index contributed by atoms with van der Waals surface area (Å²) in [4.78, 5) is 22.2. The molecule has 0 unspecified atom stereocenters. The van der Waals surface area contributed by atoms with E-state index in [1.165, 1.54) is 0 Å². The van der Waals surface area contributed by atoms with E-state index in [2.05, 4.69) is 9.97 Å². The Kier molecular flexibility index (Phi) is 3.84. The van der Waals surface area contributed by atoms with Crippen LogP contribution >= 0.6 is 0 Å². The fourth-order valence-electron chi connectivity index (χ4n) is 1.75. The summed E-state index contributed by atoms with van der Waals surface area (Å²) in [5.74, 6) is -0.0176. The number of nitrogens with two attached hydrogens (primary N) is 1. The molecule has 1 aromatic heterocycles. The van der Waals surface area contributed by atoms with Crippen LogP contribution in [0, 0.1) is 0 Å². The second kappa shape index (κ2) is 5.55. The number of rotatable bonds is 4. The summed E-state index contributed by atoms with van der Waals surface area (Å²) < 4.78 is 0. The van der Waals surface area contributed by atoms with Crippen LogP contribution in [0.25, 0.3) is 11.0 Å². The summed E-state index contributed by atoms with van der Waals surface area (Å²) in [6.45, 7) is 1.24. The maximum atomic E-state index is 12.1. The highest BCUT2D eigenvalue weighted by molar-refractivity contribution is 5.97. The second-order valence-electron chi connectivity index (χ2n) is 4.13. The summed E-state index contributed by atoms with van der Waals surface area (Å²) in [5.41, 5.74) is 7.58. The molecule has 5 nitrogen and oxygen atoms in total. The van der Waals surface area contributed by atoms with Gasteiger partial charge in [-0.25, -0.2) is 0 Å². The molecule has 0 spiro atoms. The molecule has 0 aliphatic rings. The van der Waals surface area contributed by atoms with Crippen molar-refractivity contribution in [1.82, 2.24) is 14.9 Å². The van der Waals surface area contributed by atoms with Crippen molar-refractivity contribution >= 4 is 16.9 Å². The first-order valence-electron chi connectivity index (χ1n) is 5.88. The summed E-state index contributed by atoms with van der Waals surface area (Å²) >= 11 is 0. The zero-order chi connectivity index (χ0) is 13.0. The molecule has 2 N–H and O–H groups in total. The minimum Gasteiger partial charge on any atom is -0.342 e. The molecule has 1 aromatic carbocycles. The lowest BCUT2D eigenvalue weighted by Gasteiger charge is -2.16. The lowest BCUT2D eigenvalue weighted by atomic mass is 10.1. The topological polar surface area (TPSA) is 72.1 Å². The van der Waals surface area contributed by atoms with Gasteiger partial charge in [-0.1, -0.05) is 0 Å². The molecule has 0 atom stereocenters. The second-order valence-corrected chi connectivity index (χ2v) is 4.13. The van der Waals surface area contributed by atoms with Crippen molar-refractivity contribution in [3.05, 3.63) is 36.2 Å². The molecule has 5 heteroatoms. The van der Waals surface area contributed by atoms with Gasteiger partial charge in [0.25, 0.3) is 5.91 Å². The van der Waals surface area contributed by atoms with Gasteiger partial charge in [-0.15, -0.1) is 0 Å². The van der Waals surface area contributed by atoms with Crippen LogP contribution in [0.3, 0.4) is 0 Å². The normalized spacial score (nSPS) is 10.6. The molecule has 1 heterocycles. The summed E-state index contributed by atoms with van der Waals surface area (Å²) in [6, 6.07) is 5.36. The quantitative estimate of drug-likeness (QED) is 0.872. The number of carbonyl (C=O) groups is 1. The van der Waals surface area contributed by atoms with Gasteiger partial charge >= 0.3 is 0 Å². The van der Waals surface area contributed by atoms with Crippen molar-refractivity contribution in [2.45, 2.75) is 6.42 Å². The van der Waals surface area contributed by atoms with Crippen molar-refractivity contribution in [3.8, 4) is 0 Å². The average molecular weight is 244 g/mol. The summed E-state index contributed by atoms with van der Waals surface area (Å²) in [7, 11) is 1.78. The van der Waals surface area contributed by atoms with Crippen molar-refractivity contribution < 1.29 is 4.79 Å². The Morgan fingerprint density at radius 1 is 1.28 bits per heavy atom. The first-order chi connectivity index (χ1) is 8.72. The first kappa shape index (κ1) is 12.4. The van der Waals surface area contributed by atoms with Crippen LogP contribution in [0.1, 0.15) is 16.8 Å². The fourth-order valence-corrected chi connectivity index (χ4v) is 1.75. The highest BCUT2D eigenvalue weighted by atomic mass is 16.2. The Morgan fingerprint density at radius 3 is 2.72 bits per heavy atom. The van der Waals surface area contributed by atoms with Crippen molar-refractivity contribution in [1.29, 1.82) is 0 Å². The summed E-state index contributed by atoms with van der Waals surface area (Å²) in [5, 5.41) is 0. The van der Waals surface area contributed by atoms with Gasteiger partial charge in [0.2, 0.25) is 0 Å². The van der Waals surface area contributed by atoms with E-state index in [0.717, 1.165) is 17.5 Å². The van der Waals surface area contributed by atoms with E-state index in [9.17, 15) is 4.79 Å². The van der Waals surface area contributed by atoms with Gasteiger partial charge in [0, 0.05) is 31.5 Å². The van der Waals surface area contributed by atoms with Crippen molar-refractivity contribution in [2.75, 3.05) is 20.1 Å². The molecule has 18 heavy (non-hydrogen) atoms. The van der Waals surface area contributed by atoms with Crippen LogP contribution in [-0.4, -0.2) is 40.9 Å². The highest BCUT2D eigenvalue weighted by Gasteiger charge is 2.11. The molecular formula is C13H16N4O. The lowest BCUT2D eigenvalue weighted by molar-refractivity contribution is 0.0794. The summed E-state index contributed by atoms with van der Waals surface area (Å²) in [6.07, 6.45) is 4.06. The van der Waals surface area contributed by atoms with Gasteiger partial charge < -0.3 is 10.6 Å². The SMILES string of the molecule is CN(CCCN)C(=O)c1ccc2nccnc2c1. The molecular weight excluding hydrogens is 228 g/mol. The van der Waals surface area contributed by atoms with Crippen LogP contribution in [0.15, 0.2) is 30.6 Å². The van der Waals surface area contributed by atoms with E-state index in [0.29, 0.717) is 18.7 Å². The number of amides is 1. The predicted octanol–water partition coefficient (Wildman–Crippen LogP) is 1.05. The van der Waals surface area contributed by atoms with Gasteiger partial charge in [-0.05, 0) is 31.2 Å². The van der Waals surface area contributed by atoms with E-state index < -0.39 is 0 Å². The predicted molar refractivity (Wildman–Crippen MR) is 70.2 cm³/mol. The van der Waals surface area contributed by atoms with E-state index in [4.69, 9.17) is 5.73 Å². The average Bonchev–Trinajstić information content (AvgIpc) is 2.43. The number of fused-ring (bicyclic) bond motifs is 1. The molecule has 0 aliphatic heterocycles. The standard InChI is InChI=1S/C13H16N4O/c1-17(8-2-5-14)13(18)10-3-4-11-12(9-10)16-7-6-15-11/h3-4,6-7,9H,2,5,8,14H2,1H3. The van der Waals surface area contributed by atoms with Gasteiger partial charge in [-0.3, -0.25) is 14.8 Å². The van der Waals surface area contributed by atoms with E-state index in [-0.39, 0.29) is 5.91 Å². The first-order valence-corrected chi connectivity index (χ1v) is 5.88. The largest absolute Gasteiger partial charge is 0.342 e. The Hall–Kier alpha value is -2.01. The molecule has 2 rings (SSSR count). The van der Waals surface area contributed by atoms with Gasteiger partial charge in [0.15, 0.2) is 0 Å². The lowest BCUT2D eigenvalue weighted by Crippen LogP contribution is -2.28. The van der Waals surface area contributed by atoms with E-state index >= 15 is 0 Å². The van der Waals surface area contributed by atoms with Crippen LogP contribution < -0.4 is 5.73 Å². The number of hydrogen-bond acceptors (Lipinski definition) is 4. The minimum atomic E-state index is -0.0176. The Bertz CT molecular complexity index is 555. The maximum Gasteiger partial charge on any atom is 0.253 e. The third-order valence-electron chi connectivity index (χ3n) is 2.76.